The molecule has 1 aromatic heterocycles. The van der Waals surface area contributed by atoms with E-state index in [1.807, 2.05) is 0 Å². The molecule has 0 fully saturated rings. The van der Waals surface area contributed by atoms with Gasteiger partial charge in [-0.3, -0.25) is 19.5 Å². The number of esters is 1. The second-order valence-electron chi connectivity index (χ2n) is 7.46. The summed E-state index contributed by atoms with van der Waals surface area (Å²) in [5.41, 5.74) is -2.52. The number of carbonyl (C=O) groups excluding carboxylic acids is 1. The van der Waals surface area contributed by atoms with Gasteiger partial charge in [0.15, 0.2) is 10.5 Å². The minimum Gasteiger partial charge on any atom is -0.463 e. The lowest BCUT2D eigenvalue weighted by Crippen LogP contribution is -2.41. The molecule has 0 saturated heterocycles. The number of alkyl halides is 3. The summed E-state index contributed by atoms with van der Waals surface area (Å²) in [4.78, 5) is 39.9. The van der Waals surface area contributed by atoms with Crippen LogP contribution in [0.25, 0.3) is 6.08 Å². The van der Waals surface area contributed by atoms with Crippen LogP contribution in [0.3, 0.4) is 0 Å². The number of hydrogen-bond donors (Lipinski definition) is 0. The Morgan fingerprint density at radius 2 is 1.86 bits per heavy atom. The summed E-state index contributed by atoms with van der Waals surface area (Å²) in [7, 11) is 0. The fourth-order valence-electron chi connectivity index (χ4n) is 3.64. The highest BCUT2D eigenvalue weighted by Gasteiger charge is 2.45. The molecule has 0 saturated carbocycles. The second-order valence-corrected chi connectivity index (χ2v) is 8.91. The molecule has 3 aromatic rings. The molecule has 2 heterocycles. The highest BCUT2D eigenvalue weighted by atomic mass is 35.5. The number of non-ortho nitro benzene ring substituents is 1. The molecule has 0 spiro atoms. The Morgan fingerprint density at radius 1 is 1.22 bits per heavy atom. The summed E-state index contributed by atoms with van der Waals surface area (Å²) in [6.45, 7) is 1.26. The number of halogens is 4. The third kappa shape index (κ3) is 4.82. The van der Waals surface area contributed by atoms with E-state index >= 15 is 0 Å². The summed E-state index contributed by atoms with van der Waals surface area (Å²) >= 11 is 6.64. The fraction of sp³-hybridized carbons (Fsp3) is 0.174. The topological polar surface area (TPSA) is 104 Å². The molecule has 0 N–H and O–H groups in total. The summed E-state index contributed by atoms with van der Waals surface area (Å²) in [5, 5.41) is 11.2. The van der Waals surface area contributed by atoms with Gasteiger partial charge < -0.3 is 4.74 Å². The minimum atomic E-state index is -5.01. The highest BCUT2D eigenvalue weighted by molar-refractivity contribution is 7.07. The van der Waals surface area contributed by atoms with Gasteiger partial charge in [-0.2, -0.15) is 13.2 Å². The van der Waals surface area contributed by atoms with Crippen molar-refractivity contribution in [1.29, 1.82) is 0 Å². The Labute approximate surface area is 209 Å². The SMILES string of the molecule is CCOC(=O)C1=C(C(F)(F)F)N=c2s/c(=C\c3ccc([N+](=O)[O-])cc3)c(=O)n2[C@H]1c1ccc(Cl)cc1. The number of rotatable bonds is 5. The number of benzene rings is 2. The number of ether oxygens (including phenoxy) is 1. The largest absolute Gasteiger partial charge is 0.463 e. The van der Waals surface area contributed by atoms with Gasteiger partial charge in [0.25, 0.3) is 11.2 Å². The van der Waals surface area contributed by atoms with Gasteiger partial charge in [0.1, 0.15) is 0 Å². The zero-order chi connectivity index (χ0) is 26.2. The lowest BCUT2D eigenvalue weighted by Gasteiger charge is -2.26. The van der Waals surface area contributed by atoms with Crippen molar-refractivity contribution in [2.24, 2.45) is 4.99 Å². The first-order chi connectivity index (χ1) is 17.0. The van der Waals surface area contributed by atoms with Crippen LogP contribution in [0.2, 0.25) is 5.02 Å². The van der Waals surface area contributed by atoms with Crippen molar-refractivity contribution in [3.05, 3.63) is 106 Å². The molecule has 2 aromatic carbocycles. The zero-order valence-corrected chi connectivity index (χ0v) is 19.9. The predicted octanol–water partition coefficient (Wildman–Crippen LogP) is 3.90. The van der Waals surface area contributed by atoms with E-state index in [2.05, 4.69) is 4.99 Å². The van der Waals surface area contributed by atoms with Crippen LogP contribution in [0, 0.1) is 10.1 Å². The van der Waals surface area contributed by atoms with E-state index in [0.717, 1.165) is 4.57 Å². The van der Waals surface area contributed by atoms with Crippen molar-refractivity contribution in [3.63, 3.8) is 0 Å². The van der Waals surface area contributed by atoms with Crippen molar-refractivity contribution in [1.82, 2.24) is 4.57 Å². The van der Waals surface area contributed by atoms with Gasteiger partial charge in [0, 0.05) is 17.2 Å². The molecule has 4 rings (SSSR count). The van der Waals surface area contributed by atoms with Crippen molar-refractivity contribution in [3.8, 4) is 0 Å². The van der Waals surface area contributed by atoms with Gasteiger partial charge >= 0.3 is 12.1 Å². The summed E-state index contributed by atoms with van der Waals surface area (Å²) in [5.74, 6) is -1.25. The average molecular weight is 538 g/mol. The number of carbonyl (C=O) groups is 1. The van der Waals surface area contributed by atoms with E-state index in [4.69, 9.17) is 16.3 Å². The van der Waals surface area contributed by atoms with Crippen LogP contribution >= 0.6 is 22.9 Å². The first kappa shape index (κ1) is 25.3. The molecule has 1 atom stereocenters. The average Bonchev–Trinajstić information content (AvgIpc) is 3.13. The van der Waals surface area contributed by atoms with Crippen LogP contribution in [0.1, 0.15) is 24.1 Å². The van der Waals surface area contributed by atoms with E-state index in [1.54, 1.807) is 0 Å². The maximum Gasteiger partial charge on any atom is 0.434 e. The van der Waals surface area contributed by atoms with Crippen LogP contribution in [-0.4, -0.2) is 28.2 Å². The quantitative estimate of drug-likeness (QED) is 0.279. The molecule has 0 bridgehead atoms. The van der Waals surface area contributed by atoms with Crippen LogP contribution in [0.5, 0.6) is 0 Å². The maximum absolute atomic E-state index is 14.1. The molecule has 36 heavy (non-hydrogen) atoms. The molecule has 0 radical (unpaired) electrons. The van der Waals surface area contributed by atoms with E-state index in [1.165, 1.54) is 61.5 Å². The zero-order valence-electron chi connectivity index (χ0n) is 18.3. The molecule has 0 amide bonds. The molecule has 0 aliphatic carbocycles. The smallest absolute Gasteiger partial charge is 0.434 e. The Hall–Kier alpha value is -3.77. The fourth-order valence-corrected chi connectivity index (χ4v) is 4.77. The lowest BCUT2D eigenvalue weighted by atomic mass is 9.95. The van der Waals surface area contributed by atoms with Gasteiger partial charge in [0.2, 0.25) is 0 Å². The van der Waals surface area contributed by atoms with Gasteiger partial charge in [-0.15, -0.1) is 0 Å². The normalized spacial score (nSPS) is 15.9. The number of fused-ring (bicyclic) bond motifs is 1. The third-order valence-corrected chi connectivity index (χ3v) is 6.42. The van der Waals surface area contributed by atoms with E-state index in [9.17, 15) is 32.9 Å². The van der Waals surface area contributed by atoms with Gasteiger partial charge in [-0.05, 0) is 48.4 Å². The van der Waals surface area contributed by atoms with Crippen LogP contribution in [-0.2, 0) is 9.53 Å². The Bertz CT molecular complexity index is 1560. The standard InChI is InChI=1S/C23H15ClF3N3O5S/c1-2-35-21(32)17-18(13-5-7-14(24)8-6-13)29-20(31)16(36-22(29)28-19(17)23(25,26)27)11-12-3-9-15(10-4-12)30(33)34/h3-11,18H,2H2,1H3/b16-11-/t18-/m0/s1. The minimum absolute atomic E-state index is 0.0215. The van der Waals surface area contributed by atoms with Gasteiger partial charge in [-0.25, -0.2) is 9.79 Å². The first-order valence-corrected chi connectivity index (χ1v) is 11.5. The summed E-state index contributed by atoms with van der Waals surface area (Å²) in [6, 6.07) is 9.49. The number of nitrogens with zero attached hydrogens (tertiary/aromatic N) is 3. The summed E-state index contributed by atoms with van der Waals surface area (Å²) in [6.07, 6.45) is -3.63. The Morgan fingerprint density at radius 3 is 2.42 bits per heavy atom. The Kier molecular flexibility index (Phi) is 6.83. The van der Waals surface area contributed by atoms with E-state index in [-0.39, 0.29) is 27.2 Å². The van der Waals surface area contributed by atoms with Crippen molar-refractivity contribution in [2.75, 3.05) is 6.61 Å². The number of nitro groups is 1. The molecular weight excluding hydrogens is 523 g/mol. The lowest BCUT2D eigenvalue weighted by molar-refractivity contribution is -0.384. The van der Waals surface area contributed by atoms with Gasteiger partial charge in [-0.1, -0.05) is 35.1 Å². The number of nitro benzene ring substituents is 1. The molecule has 8 nitrogen and oxygen atoms in total. The monoisotopic (exact) mass is 537 g/mol. The molecule has 0 unspecified atom stereocenters. The number of allylic oxidation sites excluding steroid dienone is 1. The van der Waals surface area contributed by atoms with Gasteiger partial charge in [0.05, 0.1) is 27.7 Å². The second kappa shape index (κ2) is 9.70. The molecular formula is C23H15ClF3N3O5S. The van der Waals surface area contributed by atoms with Crippen LogP contribution < -0.4 is 14.9 Å². The molecule has 186 valence electrons. The number of thiazole rings is 1. The number of aromatic nitrogens is 1. The molecule has 13 heteroatoms. The van der Waals surface area contributed by atoms with Crippen molar-refractivity contribution in [2.45, 2.75) is 19.1 Å². The predicted molar refractivity (Wildman–Crippen MR) is 125 cm³/mol. The highest BCUT2D eigenvalue weighted by Crippen LogP contribution is 2.38. The van der Waals surface area contributed by atoms with Crippen LogP contribution in [0.15, 0.2) is 69.6 Å². The Balaban J connectivity index is 2.00. The van der Waals surface area contributed by atoms with Crippen molar-refractivity contribution < 1.29 is 27.6 Å². The van der Waals surface area contributed by atoms with Crippen molar-refractivity contribution >= 4 is 40.7 Å². The molecule has 1 aliphatic rings. The van der Waals surface area contributed by atoms with E-state index in [0.29, 0.717) is 21.9 Å². The number of hydrogen-bond acceptors (Lipinski definition) is 7. The molecule has 1 aliphatic heterocycles. The van der Waals surface area contributed by atoms with E-state index < -0.39 is 39.9 Å². The van der Waals surface area contributed by atoms with Crippen LogP contribution in [0.4, 0.5) is 18.9 Å². The third-order valence-electron chi connectivity index (χ3n) is 5.18. The maximum atomic E-state index is 14.1. The first-order valence-electron chi connectivity index (χ1n) is 10.3. The summed E-state index contributed by atoms with van der Waals surface area (Å²) < 4.78 is 48.2.